The molecule has 0 aliphatic carbocycles. The van der Waals surface area contributed by atoms with Crippen molar-refractivity contribution in [3.8, 4) is 22.9 Å². The Kier molecular flexibility index (Phi) is 6.16. The van der Waals surface area contributed by atoms with Gasteiger partial charge in [-0.3, -0.25) is 9.78 Å². The summed E-state index contributed by atoms with van der Waals surface area (Å²) in [4.78, 5) is 25.1. The van der Waals surface area contributed by atoms with Crippen LogP contribution in [0.1, 0.15) is 27.5 Å². The Labute approximate surface area is 217 Å². The van der Waals surface area contributed by atoms with Crippen LogP contribution in [0.2, 0.25) is 0 Å². The number of aromatic nitrogens is 5. The molecular formula is C27H22N8O3. The summed E-state index contributed by atoms with van der Waals surface area (Å²) in [5.41, 5.74) is 4.32. The molecule has 0 fully saturated rings. The van der Waals surface area contributed by atoms with Crippen molar-refractivity contribution in [3.63, 3.8) is 0 Å². The number of anilines is 3. The molecule has 38 heavy (non-hydrogen) atoms. The van der Waals surface area contributed by atoms with Gasteiger partial charge in [-0.25, -0.2) is 4.98 Å². The minimum atomic E-state index is -0.449. The van der Waals surface area contributed by atoms with Crippen LogP contribution >= 0.6 is 0 Å². The van der Waals surface area contributed by atoms with Crippen LogP contribution < -0.4 is 16.0 Å². The van der Waals surface area contributed by atoms with Crippen LogP contribution in [-0.2, 0) is 6.54 Å². The minimum absolute atomic E-state index is 0.0835. The van der Waals surface area contributed by atoms with E-state index >= 15 is 0 Å². The van der Waals surface area contributed by atoms with Crippen molar-refractivity contribution in [1.82, 2.24) is 30.5 Å². The van der Waals surface area contributed by atoms with Gasteiger partial charge in [-0.15, -0.1) is 10.2 Å². The molecule has 6 rings (SSSR count). The highest BCUT2D eigenvalue weighted by atomic mass is 16.4. The fourth-order valence-electron chi connectivity index (χ4n) is 4.17. The number of amides is 1. The third kappa shape index (κ3) is 4.65. The first-order chi connectivity index (χ1) is 18.7. The highest BCUT2D eigenvalue weighted by Crippen LogP contribution is 2.31. The van der Waals surface area contributed by atoms with Crippen LogP contribution in [0.15, 0.2) is 83.7 Å². The van der Waals surface area contributed by atoms with Crippen molar-refractivity contribution >= 4 is 23.4 Å². The predicted molar refractivity (Wildman–Crippen MR) is 139 cm³/mol. The molecule has 188 valence electrons. The van der Waals surface area contributed by atoms with Gasteiger partial charge in [0.25, 0.3) is 11.8 Å². The maximum absolute atomic E-state index is 11.9. The Hall–Kier alpha value is -5.16. The van der Waals surface area contributed by atoms with Gasteiger partial charge in [0.05, 0.1) is 23.8 Å². The molecule has 1 amide bonds. The first-order valence-electron chi connectivity index (χ1n) is 11.9. The second-order valence-corrected chi connectivity index (χ2v) is 8.58. The fraction of sp³-hybridized carbons (Fsp3) is 0.111. The summed E-state index contributed by atoms with van der Waals surface area (Å²) in [6, 6.07) is 18.2. The SMILES string of the molecule is O=C1NCc2cc(Nc3ncc(-c4nnc(-c5cccnc5)o4)c(N[C@H](CO)c4ccccc4)n3)ccc21. The number of hydrogen-bond donors (Lipinski definition) is 4. The van der Waals surface area contributed by atoms with Crippen molar-refractivity contribution in [2.45, 2.75) is 12.6 Å². The average Bonchev–Trinajstić information content (AvgIpc) is 3.60. The quantitative estimate of drug-likeness (QED) is 0.245. The standard InChI is InChI=1S/C27H22N8O3/c36-15-22(16-5-2-1-3-6-16)32-23-21(26-35-34-25(38-26)17-7-4-10-28-12-17)14-30-27(33-23)31-19-8-9-20-18(11-19)13-29-24(20)37/h1-12,14,22,36H,13,15H2,(H,29,37)(H2,30,31,32,33)/t22-/m1/s1. The van der Waals surface area contributed by atoms with E-state index in [0.717, 1.165) is 16.8 Å². The lowest BCUT2D eigenvalue weighted by Crippen LogP contribution is -2.17. The molecule has 0 bridgehead atoms. The number of pyridine rings is 1. The number of aliphatic hydroxyl groups is 1. The monoisotopic (exact) mass is 506 g/mol. The van der Waals surface area contributed by atoms with Gasteiger partial charge < -0.3 is 25.5 Å². The Morgan fingerprint density at radius 3 is 2.68 bits per heavy atom. The summed E-state index contributed by atoms with van der Waals surface area (Å²) < 4.78 is 5.93. The normalized spacial score (nSPS) is 13.0. The highest BCUT2D eigenvalue weighted by Gasteiger charge is 2.21. The molecule has 4 heterocycles. The Morgan fingerprint density at radius 1 is 1.00 bits per heavy atom. The van der Waals surface area contributed by atoms with Gasteiger partial charge in [-0.05, 0) is 41.5 Å². The highest BCUT2D eigenvalue weighted by molar-refractivity contribution is 5.98. The summed E-state index contributed by atoms with van der Waals surface area (Å²) in [7, 11) is 0. The van der Waals surface area contributed by atoms with E-state index in [0.29, 0.717) is 40.9 Å². The van der Waals surface area contributed by atoms with Crippen molar-refractivity contribution < 1.29 is 14.3 Å². The van der Waals surface area contributed by atoms with E-state index in [1.54, 1.807) is 36.8 Å². The van der Waals surface area contributed by atoms with Crippen LogP contribution in [0.25, 0.3) is 22.9 Å². The minimum Gasteiger partial charge on any atom is -0.416 e. The number of carbonyl (C=O) groups excluding carboxylic acids is 1. The number of nitrogens with one attached hydrogen (secondary N) is 3. The lowest BCUT2D eigenvalue weighted by molar-refractivity contribution is 0.0965. The van der Waals surface area contributed by atoms with E-state index in [-0.39, 0.29) is 18.4 Å². The summed E-state index contributed by atoms with van der Waals surface area (Å²) in [5.74, 6) is 1.14. The molecule has 11 heteroatoms. The summed E-state index contributed by atoms with van der Waals surface area (Å²) in [6.45, 7) is 0.300. The smallest absolute Gasteiger partial charge is 0.253 e. The largest absolute Gasteiger partial charge is 0.416 e. The van der Waals surface area contributed by atoms with Crippen LogP contribution in [-0.4, -0.2) is 42.8 Å². The Balaban J connectivity index is 1.35. The molecule has 5 aromatic rings. The van der Waals surface area contributed by atoms with Gasteiger partial charge in [-0.1, -0.05) is 30.3 Å². The number of benzene rings is 2. The van der Waals surface area contributed by atoms with E-state index < -0.39 is 6.04 Å². The van der Waals surface area contributed by atoms with Gasteiger partial charge in [-0.2, -0.15) is 4.98 Å². The zero-order valence-corrected chi connectivity index (χ0v) is 20.0. The van der Waals surface area contributed by atoms with E-state index in [1.165, 1.54) is 0 Å². The predicted octanol–water partition coefficient (Wildman–Crippen LogP) is 3.72. The first-order valence-corrected chi connectivity index (χ1v) is 11.9. The van der Waals surface area contributed by atoms with Gasteiger partial charge in [0.1, 0.15) is 5.82 Å². The number of aliphatic hydroxyl groups excluding tert-OH is 1. The lowest BCUT2D eigenvalue weighted by Gasteiger charge is -2.19. The third-order valence-corrected chi connectivity index (χ3v) is 6.09. The molecule has 0 radical (unpaired) electrons. The van der Waals surface area contributed by atoms with Crippen LogP contribution in [0, 0.1) is 0 Å². The lowest BCUT2D eigenvalue weighted by atomic mass is 10.1. The van der Waals surface area contributed by atoms with Crippen LogP contribution in [0.5, 0.6) is 0 Å². The molecule has 0 unspecified atom stereocenters. The molecule has 0 saturated carbocycles. The first kappa shape index (κ1) is 23.3. The summed E-state index contributed by atoms with van der Waals surface area (Å²) in [6.07, 6.45) is 4.88. The van der Waals surface area contributed by atoms with Gasteiger partial charge in [0.15, 0.2) is 0 Å². The van der Waals surface area contributed by atoms with Gasteiger partial charge >= 0.3 is 0 Å². The van der Waals surface area contributed by atoms with E-state index in [9.17, 15) is 9.90 Å². The van der Waals surface area contributed by atoms with Crippen LogP contribution in [0.3, 0.4) is 0 Å². The van der Waals surface area contributed by atoms with Crippen molar-refractivity contribution in [3.05, 3.63) is 95.9 Å². The molecule has 1 atom stereocenters. The summed E-state index contributed by atoms with van der Waals surface area (Å²) in [5, 5.41) is 27.8. The van der Waals surface area contributed by atoms with Gasteiger partial charge in [0.2, 0.25) is 11.8 Å². The number of rotatable bonds is 8. The van der Waals surface area contributed by atoms with Crippen molar-refractivity contribution in [2.75, 3.05) is 17.2 Å². The molecule has 0 spiro atoms. The average molecular weight is 507 g/mol. The molecule has 1 aliphatic rings. The van der Waals surface area contributed by atoms with Crippen molar-refractivity contribution in [1.29, 1.82) is 0 Å². The number of hydrogen-bond acceptors (Lipinski definition) is 10. The molecule has 1 aliphatic heterocycles. The van der Waals surface area contributed by atoms with Gasteiger partial charge in [0, 0.05) is 36.4 Å². The van der Waals surface area contributed by atoms with Crippen LogP contribution in [0.4, 0.5) is 17.5 Å². The van der Waals surface area contributed by atoms with E-state index in [4.69, 9.17) is 4.42 Å². The second kappa shape index (κ2) is 10.1. The number of nitrogens with zero attached hydrogens (tertiary/aromatic N) is 5. The second-order valence-electron chi connectivity index (χ2n) is 8.58. The maximum atomic E-state index is 11.9. The molecule has 11 nitrogen and oxygen atoms in total. The number of carbonyl (C=O) groups is 1. The zero-order chi connectivity index (χ0) is 25.9. The molecular weight excluding hydrogens is 484 g/mol. The zero-order valence-electron chi connectivity index (χ0n) is 20.0. The maximum Gasteiger partial charge on any atom is 0.253 e. The van der Waals surface area contributed by atoms with E-state index in [1.807, 2.05) is 42.5 Å². The molecule has 3 aromatic heterocycles. The fourth-order valence-corrected chi connectivity index (χ4v) is 4.17. The topological polar surface area (TPSA) is 151 Å². The van der Waals surface area contributed by atoms with Crippen molar-refractivity contribution in [2.24, 2.45) is 0 Å². The third-order valence-electron chi connectivity index (χ3n) is 6.09. The Morgan fingerprint density at radius 2 is 1.87 bits per heavy atom. The molecule has 4 N–H and O–H groups in total. The Bertz CT molecular complexity index is 1590. The number of fused-ring (bicyclic) bond motifs is 1. The summed E-state index contributed by atoms with van der Waals surface area (Å²) >= 11 is 0. The molecule has 2 aromatic carbocycles. The molecule has 0 saturated heterocycles. The van der Waals surface area contributed by atoms with E-state index in [2.05, 4.69) is 41.1 Å².